The largest absolute Gasteiger partial charge is 0.372 e. The van der Waals surface area contributed by atoms with Crippen LogP contribution in [0, 0.1) is 5.82 Å². The molecule has 1 aliphatic rings. The molecule has 0 N–H and O–H groups in total. The first-order chi connectivity index (χ1) is 6.31. The van der Waals surface area contributed by atoms with Gasteiger partial charge in [0, 0.05) is 18.8 Å². The summed E-state index contributed by atoms with van der Waals surface area (Å²) < 4.78 is 12.9. The predicted octanol–water partition coefficient (Wildman–Crippen LogP) is 2.60. The van der Waals surface area contributed by atoms with E-state index in [1.165, 1.54) is 5.69 Å². The lowest BCUT2D eigenvalue weighted by Crippen LogP contribution is -2.28. The zero-order valence-electron chi connectivity index (χ0n) is 7.89. The Morgan fingerprint density at radius 3 is 3.08 bits per heavy atom. The molecule has 0 radical (unpaired) electrons. The summed E-state index contributed by atoms with van der Waals surface area (Å²) in [6.07, 6.45) is 2.16. The van der Waals surface area contributed by atoms with Crippen LogP contribution in [0.2, 0.25) is 0 Å². The number of fused-ring (bicyclic) bond motifs is 1. The number of hydrogen-bond acceptors (Lipinski definition) is 1. The van der Waals surface area contributed by atoms with Crippen LogP contribution in [-0.4, -0.2) is 13.1 Å². The van der Waals surface area contributed by atoms with Crippen molar-refractivity contribution in [2.75, 3.05) is 18.0 Å². The van der Waals surface area contributed by atoms with Crippen LogP contribution in [0.5, 0.6) is 0 Å². The van der Waals surface area contributed by atoms with Gasteiger partial charge in [-0.2, -0.15) is 0 Å². The van der Waals surface area contributed by atoms with Crippen LogP contribution in [0.1, 0.15) is 18.9 Å². The molecule has 1 aromatic rings. The molecule has 0 saturated carbocycles. The van der Waals surface area contributed by atoms with Gasteiger partial charge in [-0.1, -0.05) is 0 Å². The molecule has 1 aromatic carbocycles. The van der Waals surface area contributed by atoms with Gasteiger partial charge in [-0.3, -0.25) is 0 Å². The summed E-state index contributed by atoms with van der Waals surface area (Å²) in [5, 5.41) is 0. The highest BCUT2D eigenvalue weighted by Gasteiger charge is 2.15. The van der Waals surface area contributed by atoms with Gasteiger partial charge in [0.05, 0.1) is 0 Å². The SMILES string of the molecule is CCN1CCCc2cc(F)ccc21. The molecular weight excluding hydrogens is 165 g/mol. The van der Waals surface area contributed by atoms with Crippen LogP contribution < -0.4 is 4.90 Å². The summed E-state index contributed by atoms with van der Waals surface area (Å²) >= 11 is 0. The maximum Gasteiger partial charge on any atom is 0.123 e. The van der Waals surface area contributed by atoms with Gasteiger partial charge < -0.3 is 4.90 Å². The summed E-state index contributed by atoms with van der Waals surface area (Å²) in [6, 6.07) is 5.11. The fourth-order valence-corrected chi connectivity index (χ4v) is 1.97. The molecule has 0 spiro atoms. The summed E-state index contributed by atoms with van der Waals surface area (Å²) in [6.45, 7) is 4.26. The van der Waals surface area contributed by atoms with E-state index in [1.54, 1.807) is 12.1 Å². The molecule has 0 unspecified atom stereocenters. The monoisotopic (exact) mass is 179 g/mol. The van der Waals surface area contributed by atoms with E-state index < -0.39 is 0 Å². The molecule has 0 amide bonds. The number of benzene rings is 1. The molecule has 0 atom stereocenters. The Morgan fingerprint density at radius 1 is 1.46 bits per heavy atom. The highest BCUT2D eigenvalue weighted by molar-refractivity contribution is 5.55. The van der Waals surface area contributed by atoms with Gasteiger partial charge in [0.15, 0.2) is 0 Å². The summed E-state index contributed by atoms with van der Waals surface area (Å²) in [5.74, 6) is -0.114. The topological polar surface area (TPSA) is 3.24 Å². The van der Waals surface area contributed by atoms with Crippen LogP contribution in [0.3, 0.4) is 0 Å². The van der Waals surface area contributed by atoms with Crippen molar-refractivity contribution in [3.05, 3.63) is 29.6 Å². The highest BCUT2D eigenvalue weighted by Crippen LogP contribution is 2.27. The average Bonchev–Trinajstić information content (AvgIpc) is 2.16. The van der Waals surface area contributed by atoms with Crippen molar-refractivity contribution in [2.24, 2.45) is 0 Å². The molecule has 2 rings (SSSR count). The highest BCUT2D eigenvalue weighted by atomic mass is 19.1. The first-order valence-electron chi connectivity index (χ1n) is 4.84. The van der Waals surface area contributed by atoms with E-state index in [1.807, 2.05) is 6.07 Å². The van der Waals surface area contributed by atoms with Gasteiger partial charge in [-0.05, 0) is 43.5 Å². The number of anilines is 1. The molecule has 1 aliphatic heterocycles. The van der Waals surface area contributed by atoms with E-state index in [0.29, 0.717) is 0 Å². The van der Waals surface area contributed by atoms with Crippen molar-refractivity contribution in [1.82, 2.24) is 0 Å². The van der Waals surface area contributed by atoms with E-state index in [9.17, 15) is 4.39 Å². The van der Waals surface area contributed by atoms with Gasteiger partial charge in [-0.25, -0.2) is 4.39 Å². The second kappa shape index (κ2) is 3.36. The third kappa shape index (κ3) is 1.53. The number of nitrogens with zero attached hydrogens (tertiary/aromatic N) is 1. The molecule has 0 aromatic heterocycles. The molecule has 0 bridgehead atoms. The zero-order chi connectivity index (χ0) is 9.26. The molecule has 0 fully saturated rings. The lowest BCUT2D eigenvalue weighted by molar-refractivity contribution is 0.619. The number of aryl methyl sites for hydroxylation is 1. The van der Waals surface area contributed by atoms with Crippen molar-refractivity contribution in [3.8, 4) is 0 Å². The van der Waals surface area contributed by atoms with E-state index in [2.05, 4.69) is 11.8 Å². The first kappa shape index (κ1) is 8.54. The zero-order valence-corrected chi connectivity index (χ0v) is 7.89. The normalized spacial score (nSPS) is 15.7. The molecule has 13 heavy (non-hydrogen) atoms. The third-order valence-electron chi connectivity index (χ3n) is 2.64. The van der Waals surface area contributed by atoms with Crippen molar-refractivity contribution in [3.63, 3.8) is 0 Å². The predicted molar refractivity (Wildman–Crippen MR) is 52.6 cm³/mol. The fraction of sp³-hybridized carbons (Fsp3) is 0.455. The lowest BCUT2D eigenvalue weighted by Gasteiger charge is -2.30. The van der Waals surface area contributed by atoms with Crippen LogP contribution in [-0.2, 0) is 6.42 Å². The minimum absolute atomic E-state index is 0.114. The fourth-order valence-electron chi connectivity index (χ4n) is 1.97. The molecule has 2 heteroatoms. The first-order valence-corrected chi connectivity index (χ1v) is 4.84. The summed E-state index contributed by atoms with van der Waals surface area (Å²) in [5.41, 5.74) is 2.38. The third-order valence-corrected chi connectivity index (χ3v) is 2.64. The van der Waals surface area contributed by atoms with Gasteiger partial charge in [0.25, 0.3) is 0 Å². The van der Waals surface area contributed by atoms with Crippen molar-refractivity contribution < 1.29 is 4.39 Å². The maximum absolute atomic E-state index is 12.9. The Kier molecular flexibility index (Phi) is 2.21. The molecular formula is C11H14FN. The van der Waals surface area contributed by atoms with Crippen molar-refractivity contribution in [2.45, 2.75) is 19.8 Å². The van der Waals surface area contributed by atoms with Gasteiger partial charge in [-0.15, -0.1) is 0 Å². The second-order valence-electron chi connectivity index (χ2n) is 3.46. The molecule has 1 heterocycles. The molecule has 0 saturated heterocycles. The van der Waals surface area contributed by atoms with Crippen LogP contribution in [0.4, 0.5) is 10.1 Å². The molecule has 0 aliphatic carbocycles. The van der Waals surface area contributed by atoms with Gasteiger partial charge in [0.2, 0.25) is 0 Å². The van der Waals surface area contributed by atoms with Crippen LogP contribution >= 0.6 is 0 Å². The minimum atomic E-state index is -0.114. The van der Waals surface area contributed by atoms with E-state index in [4.69, 9.17) is 0 Å². The van der Waals surface area contributed by atoms with Crippen LogP contribution in [0.15, 0.2) is 18.2 Å². The Hall–Kier alpha value is -1.05. The van der Waals surface area contributed by atoms with Gasteiger partial charge >= 0.3 is 0 Å². The van der Waals surface area contributed by atoms with Crippen LogP contribution in [0.25, 0.3) is 0 Å². The number of halogens is 1. The number of hydrogen-bond donors (Lipinski definition) is 0. The van der Waals surface area contributed by atoms with E-state index in [-0.39, 0.29) is 5.82 Å². The Labute approximate surface area is 78.2 Å². The van der Waals surface area contributed by atoms with Crippen molar-refractivity contribution >= 4 is 5.69 Å². The van der Waals surface area contributed by atoms with Crippen molar-refractivity contribution in [1.29, 1.82) is 0 Å². The van der Waals surface area contributed by atoms with E-state index in [0.717, 1.165) is 31.5 Å². The average molecular weight is 179 g/mol. The summed E-state index contributed by atoms with van der Waals surface area (Å²) in [4.78, 5) is 2.30. The molecule has 70 valence electrons. The summed E-state index contributed by atoms with van der Waals surface area (Å²) in [7, 11) is 0. The number of rotatable bonds is 1. The Morgan fingerprint density at radius 2 is 2.31 bits per heavy atom. The van der Waals surface area contributed by atoms with E-state index >= 15 is 0 Å². The Balaban J connectivity index is 2.40. The second-order valence-corrected chi connectivity index (χ2v) is 3.46. The lowest BCUT2D eigenvalue weighted by atomic mass is 10.0. The Bertz CT molecular complexity index is 309. The smallest absolute Gasteiger partial charge is 0.123 e. The quantitative estimate of drug-likeness (QED) is 0.640. The maximum atomic E-state index is 12.9. The standard InChI is InChI=1S/C11H14FN/c1-2-13-7-3-4-9-8-10(12)5-6-11(9)13/h5-6,8H,2-4,7H2,1H3. The molecule has 1 nitrogen and oxygen atoms in total. The van der Waals surface area contributed by atoms with Gasteiger partial charge in [0.1, 0.15) is 5.82 Å². The minimum Gasteiger partial charge on any atom is -0.372 e.